The van der Waals surface area contributed by atoms with Crippen molar-refractivity contribution in [2.24, 2.45) is 5.92 Å². The zero-order valence-corrected chi connectivity index (χ0v) is 13.7. The summed E-state index contributed by atoms with van der Waals surface area (Å²) in [5, 5.41) is 6.14. The lowest BCUT2D eigenvalue weighted by Gasteiger charge is -2.13. The van der Waals surface area contributed by atoms with E-state index in [0.29, 0.717) is 0 Å². The Balaban J connectivity index is 2.15. The maximum absolute atomic E-state index is 12.0. The number of carbonyl (C=O) groups excluding carboxylic acids is 1. The Kier molecular flexibility index (Phi) is 4.63. The first-order valence-corrected chi connectivity index (χ1v) is 7.62. The molecule has 1 atom stereocenters. The number of anilines is 1. The Labute approximate surface area is 125 Å². The van der Waals surface area contributed by atoms with Gasteiger partial charge in [0.05, 0.1) is 11.6 Å². The molecule has 1 amide bonds. The van der Waals surface area contributed by atoms with E-state index in [4.69, 9.17) is 0 Å². The Morgan fingerprint density at radius 3 is 2.47 bits per heavy atom. The van der Waals surface area contributed by atoms with Crippen molar-refractivity contribution in [3.05, 3.63) is 25.6 Å². The highest BCUT2D eigenvalue weighted by molar-refractivity contribution is 9.11. The van der Waals surface area contributed by atoms with E-state index < -0.39 is 0 Å². The van der Waals surface area contributed by atoms with Crippen molar-refractivity contribution in [3.8, 4) is 0 Å². The molecule has 0 bridgehead atoms. The summed E-state index contributed by atoms with van der Waals surface area (Å²) in [6.07, 6.45) is 0.900. The van der Waals surface area contributed by atoms with Crippen molar-refractivity contribution in [1.82, 2.24) is 5.32 Å². The molecule has 0 aromatic heterocycles. The smallest absolute Gasteiger partial charge is 0.228 e. The van der Waals surface area contributed by atoms with E-state index in [1.807, 2.05) is 12.1 Å². The SMILES string of the molecule is O=C(Nc1c(Br)cc(Br)cc1Br)C1CCNC1. The van der Waals surface area contributed by atoms with E-state index >= 15 is 0 Å². The maximum atomic E-state index is 12.0. The molecule has 1 aromatic carbocycles. The second-order valence-electron chi connectivity index (χ2n) is 3.92. The molecule has 0 spiro atoms. The standard InChI is InChI=1S/C11H11Br3N2O/c12-7-3-8(13)10(9(14)4-7)16-11(17)6-1-2-15-5-6/h3-4,6,15H,1-2,5H2,(H,16,17). The van der Waals surface area contributed by atoms with Crippen molar-refractivity contribution in [2.75, 3.05) is 18.4 Å². The van der Waals surface area contributed by atoms with Crippen LogP contribution in [0.1, 0.15) is 6.42 Å². The summed E-state index contributed by atoms with van der Waals surface area (Å²) in [6, 6.07) is 3.82. The monoisotopic (exact) mass is 424 g/mol. The summed E-state index contributed by atoms with van der Waals surface area (Å²) in [5.41, 5.74) is 0.783. The van der Waals surface area contributed by atoms with Crippen LogP contribution in [-0.2, 0) is 4.79 Å². The Morgan fingerprint density at radius 2 is 1.94 bits per heavy atom. The Hall–Kier alpha value is 0.0900. The van der Waals surface area contributed by atoms with Crippen molar-refractivity contribution >= 4 is 59.4 Å². The first kappa shape index (κ1) is 13.5. The lowest BCUT2D eigenvalue weighted by molar-refractivity contribution is -0.119. The largest absolute Gasteiger partial charge is 0.324 e. The summed E-state index contributed by atoms with van der Waals surface area (Å²) in [4.78, 5) is 12.0. The number of carbonyl (C=O) groups is 1. The second-order valence-corrected chi connectivity index (χ2v) is 6.55. The fraction of sp³-hybridized carbons (Fsp3) is 0.364. The molecule has 0 aliphatic carbocycles. The first-order valence-electron chi connectivity index (χ1n) is 5.24. The van der Waals surface area contributed by atoms with Crippen LogP contribution in [0.4, 0.5) is 5.69 Å². The zero-order valence-electron chi connectivity index (χ0n) is 8.90. The van der Waals surface area contributed by atoms with E-state index in [1.54, 1.807) is 0 Å². The number of halogens is 3. The van der Waals surface area contributed by atoms with E-state index in [1.165, 1.54) is 0 Å². The highest BCUT2D eigenvalue weighted by Crippen LogP contribution is 2.34. The highest BCUT2D eigenvalue weighted by Gasteiger charge is 2.23. The molecule has 0 saturated carbocycles. The molecular weight excluding hydrogens is 416 g/mol. The van der Waals surface area contributed by atoms with Gasteiger partial charge in [0.15, 0.2) is 0 Å². The van der Waals surface area contributed by atoms with Crippen molar-refractivity contribution in [2.45, 2.75) is 6.42 Å². The topological polar surface area (TPSA) is 41.1 Å². The fourth-order valence-corrected chi connectivity index (χ4v) is 4.22. The molecule has 1 aliphatic rings. The average Bonchev–Trinajstić information content (AvgIpc) is 2.76. The maximum Gasteiger partial charge on any atom is 0.228 e. The molecular formula is C11H11Br3N2O. The summed E-state index contributed by atoms with van der Waals surface area (Å²) in [5.74, 6) is 0.135. The van der Waals surface area contributed by atoms with Crippen LogP contribution < -0.4 is 10.6 Å². The normalized spacial score (nSPS) is 19.4. The number of benzene rings is 1. The minimum absolute atomic E-state index is 0.0671. The summed E-state index contributed by atoms with van der Waals surface area (Å²) in [7, 11) is 0. The second kappa shape index (κ2) is 5.82. The van der Waals surface area contributed by atoms with Gasteiger partial charge in [0.25, 0.3) is 0 Å². The predicted octanol–water partition coefficient (Wildman–Crippen LogP) is 3.52. The van der Waals surface area contributed by atoms with Crippen LogP contribution in [0.25, 0.3) is 0 Å². The Morgan fingerprint density at radius 1 is 1.29 bits per heavy atom. The minimum atomic E-state index is 0.0671. The van der Waals surface area contributed by atoms with Gasteiger partial charge < -0.3 is 10.6 Å². The molecule has 17 heavy (non-hydrogen) atoms. The quantitative estimate of drug-likeness (QED) is 0.759. The van der Waals surface area contributed by atoms with Gasteiger partial charge in [-0.25, -0.2) is 0 Å². The van der Waals surface area contributed by atoms with Gasteiger partial charge in [-0.1, -0.05) is 15.9 Å². The third kappa shape index (κ3) is 3.30. The lowest BCUT2D eigenvalue weighted by atomic mass is 10.1. The zero-order chi connectivity index (χ0) is 12.4. The third-order valence-electron chi connectivity index (χ3n) is 2.69. The van der Waals surface area contributed by atoms with E-state index in [9.17, 15) is 4.79 Å². The van der Waals surface area contributed by atoms with Crippen LogP contribution in [0.15, 0.2) is 25.6 Å². The van der Waals surface area contributed by atoms with Gasteiger partial charge in [0.2, 0.25) is 5.91 Å². The van der Waals surface area contributed by atoms with Crippen LogP contribution in [0.3, 0.4) is 0 Å². The molecule has 92 valence electrons. The number of hydrogen-bond donors (Lipinski definition) is 2. The number of rotatable bonds is 2. The molecule has 1 unspecified atom stereocenters. The van der Waals surface area contributed by atoms with Gasteiger partial charge in [0, 0.05) is 20.0 Å². The molecule has 1 saturated heterocycles. The molecule has 2 rings (SSSR count). The summed E-state index contributed by atoms with van der Waals surface area (Å²) >= 11 is 10.3. The van der Waals surface area contributed by atoms with Crippen molar-refractivity contribution in [1.29, 1.82) is 0 Å². The molecule has 1 aliphatic heterocycles. The molecule has 1 fully saturated rings. The van der Waals surface area contributed by atoms with Crippen LogP contribution >= 0.6 is 47.8 Å². The molecule has 6 heteroatoms. The third-order valence-corrected chi connectivity index (χ3v) is 4.39. The van der Waals surface area contributed by atoms with E-state index in [2.05, 4.69) is 58.4 Å². The first-order chi connectivity index (χ1) is 8.08. The molecule has 1 heterocycles. The van der Waals surface area contributed by atoms with Crippen LogP contribution in [0, 0.1) is 5.92 Å². The highest BCUT2D eigenvalue weighted by atomic mass is 79.9. The van der Waals surface area contributed by atoms with Crippen molar-refractivity contribution in [3.63, 3.8) is 0 Å². The van der Waals surface area contributed by atoms with Gasteiger partial charge in [0.1, 0.15) is 0 Å². The van der Waals surface area contributed by atoms with Gasteiger partial charge >= 0.3 is 0 Å². The molecule has 1 aromatic rings. The number of nitrogens with one attached hydrogen (secondary N) is 2. The van der Waals surface area contributed by atoms with Gasteiger partial charge in [-0.05, 0) is 57.0 Å². The average molecular weight is 427 g/mol. The van der Waals surface area contributed by atoms with E-state index in [-0.39, 0.29) is 11.8 Å². The fourth-order valence-electron chi connectivity index (χ4n) is 1.77. The van der Waals surface area contributed by atoms with E-state index in [0.717, 1.165) is 38.6 Å². The summed E-state index contributed by atoms with van der Waals surface area (Å²) in [6.45, 7) is 1.68. The van der Waals surface area contributed by atoms with Gasteiger partial charge in [-0.15, -0.1) is 0 Å². The molecule has 0 radical (unpaired) electrons. The van der Waals surface area contributed by atoms with Gasteiger partial charge in [-0.3, -0.25) is 4.79 Å². The van der Waals surface area contributed by atoms with Crippen LogP contribution in [-0.4, -0.2) is 19.0 Å². The minimum Gasteiger partial charge on any atom is -0.324 e. The lowest BCUT2D eigenvalue weighted by Crippen LogP contribution is -2.24. The van der Waals surface area contributed by atoms with Crippen LogP contribution in [0.5, 0.6) is 0 Å². The van der Waals surface area contributed by atoms with Crippen molar-refractivity contribution < 1.29 is 4.79 Å². The van der Waals surface area contributed by atoms with Gasteiger partial charge in [-0.2, -0.15) is 0 Å². The summed E-state index contributed by atoms with van der Waals surface area (Å²) < 4.78 is 2.67. The van der Waals surface area contributed by atoms with Crippen LogP contribution in [0.2, 0.25) is 0 Å². The number of amides is 1. The molecule has 3 nitrogen and oxygen atoms in total. The Bertz CT molecular complexity index is 421. The predicted molar refractivity (Wildman–Crippen MR) is 79.1 cm³/mol. The number of hydrogen-bond acceptors (Lipinski definition) is 2. The molecule has 2 N–H and O–H groups in total.